The van der Waals surface area contributed by atoms with Crippen LogP contribution in [0.1, 0.15) is 20.8 Å². The monoisotopic (exact) mass is 352 g/mol. The summed E-state index contributed by atoms with van der Waals surface area (Å²) in [6.45, 7) is -0.227. The molecule has 0 fully saturated rings. The van der Waals surface area contributed by atoms with Crippen LogP contribution in [0.15, 0.2) is 54.7 Å². The molecular weight excluding hydrogens is 336 g/mol. The minimum Gasteiger partial charge on any atom is -0.465 e. The number of esters is 1. The molecule has 132 valence electrons. The van der Waals surface area contributed by atoms with Crippen molar-refractivity contribution >= 4 is 29.0 Å². The molecule has 0 saturated carbocycles. The smallest absolute Gasteiger partial charge is 0.337 e. The summed E-state index contributed by atoms with van der Waals surface area (Å²) >= 11 is 0. The molecule has 0 aliphatic rings. The second-order valence-electron chi connectivity index (χ2n) is 5.40. The predicted molar refractivity (Wildman–Crippen MR) is 93.9 cm³/mol. The molecule has 2 amide bonds. The molecule has 2 N–H and O–H groups in total. The van der Waals surface area contributed by atoms with Crippen molar-refractivity contribution in [2.75, 3.05) is 19.0 Å². The Hall–Kier alpha value is -3.68. The van der Waals surface area contributed by atoms with E-state index in [1.165, 1.54) is 13.2 Å². The summed E-state index contributed by atoms with van der Waals surface area (Å²) in [6, 6.07) is 13.4. The summed E-state index contributed by atoms with van der Waals surface area (Å²) in [5.41, 5.74) is 1.75. The molecule has 3 aromatic rings. The summed E-state index contributed by atoms with van der Waals surface area (Å²) in [5.74, 6) is -1.38. The van der Waals surface area contributed by atoms with Crippen molar-refractivity contribution in [1.29, 1.82) is 0 Å². The number of anilines is 1. The lowest BCUT2D eigenvalue weighted by Gasteiger charge is -2.07. The van der Waals surface area contributed by atoms with Crippen LogP contribution in [0.2, 0.25) is 0 Å². The fourth-order valence-electron chi connectivity index (χ4n) is 2.35. The summed E-state index contributed by atoms with van der Waals surface area (Å²) < 4.78 is 6.21. The van der Waals surface area contributed by atoms with Crippen LogP contribution in [0.25, 0.3) is 5.52 Å². The average Bonchev–Trinajstić information content (AvgIpc) is 3.10. The second-order valence-corrected chi connectivity index (χ2v) is 5.40. The summed E-state index contributed by atoms with van der Waals surface area (Å²) in [6.07, 6.45) is 1.73. The first-order valence-electron chi connectivity index (χ1n) is 7.77. The largest absolute Gasteiger partial charge is 0.465 e. The normalized spacial score (nSPS) is 10.3. The number of benzene rings is 1. The Labute approximate surface area is 148 Å². The minimum atomic E-state index is -0.499. The molecule has 0 spiro atoms. The Morgan fingerprint density at radius 3 is 2.73 bits per heavy atom. The number of amides is 2. The van der Waals surface area contributed by atoms with Crippen LogP contribution in [0.4, 0.5) is 5.69 Å². The Kier molecular flexibility index (Phi) is 4.93. The zero-order valence-corrected chi connectivity index (χ0v) is 13.9. The fraction of sp³-hybridized carbons (Fsp3) is 0.111. The lowest BCUT2D eigenvalue weighted by Crippen LogP contribution is -2.33. The lowest BCUT2D eigenvalue weighted by molar-refractivity contribution is -0.115. The number of nitrogens with zero attached hydrogens (tertiary/aromatic N) is 2. The molecule has 2 heterocycles. The third kappa shape index (κ3) is 3.86. The van der Waals surface area contributed by atoms with Gasteiger partial charge in [-0.15, -0.1) is 0 Å². The lowest BCUT2D eigenvalue weighted by atomic mass is 10.2. The number of hydrogen-bond acceptors (Lipinski definition) is 5. The van der Waals surface area contributed by atoms with Gasteiger partial charge in [-0.25, -0.2) is 9.31 Å². The van der Waals surface area contributed by atoms with Crippen molar-refractivity contribution in [3.8, 4) is 0 Å². The van der Waals surface area contributed by atoms with Crippen molar-refractivity contribution < 1.29 is 19.1 Å². The van der Waals surface area contributed by atoms with Gasteiger partial charge >= 0.3 is 5.97 Å². The molecule has 0 aliphatic heterocycles. The first kappa shape index (κ1) is 17.2. The molecule has 26 heavy (non-hydrogen) atoms. The number of carbonyl (C=O) groups excluding carboxylic acids is 3. The first-order valence-corrected chi connectivity index (χ1v) is 7.77. The van der Waals surface area contributed by atoms with Crippen LogP contribution in [-0.4, -0.2) is 41.1 Å². The Balaban J connectivity index is 1.58. The van der Waals surface area contributed by atoms with Crippen molar-refractivity contribution in [2.45, 2.75) is 0 Å². The van der Waals surface area contributed by atoms with Gasteiger partial charge in [-0.2, -0.15) is 5.10 Å². The van der Waals surface area contributed by atoms with E-state index in [1.54, 1.807) is 41.0 Å². The SMILES string of the molecule is COC(=O)c1cccc(NC(=O)CNC(=O)c2cc3ccccn3n2)c1. The Morgan fingerprint density at radius 2 is 1.96 bits per heavy atom. The van der Waals surface area contributed by atoms with Crippen molar-refractivity contribution in [3.05, 3.63) is 66.0 Å². The van der Waals surface area contributed by atoms with Gasteiger partial charge in [0.1, 0.15) is 0 Å². The third-order valence-corrected chi connectivity index (χ3v) is 3.58. The third-order valence-electron chi connectivity index (χ3n) is 3.58. The van der Waals surface area contributed by atoms with E-state index in [1.807, 2.05) is 12.1 Å². The molecule has 8 heteroatoms. The quantitative estimate of drug-likeness (QED) is 0.678. The van der Waals surface area contributed by atoms with E-state index in [2.05, 4.69) is 20.5 Å². The summed E-state index contributed by atoms with van der Waals surface area (Å²) in [5, 5.41) is 9.25. The molecule has 3 rings (SSSR count). The van der Waals surface area contributed by atoms with Gasteiger partial charge in [0.25, 0.3) is 5.91 Å². The molecule has 1 aromatic carbocycles. The number of ether oxygens (including phenoxy) is 1. The van der Waals surface area contributed by atoms with Gasteiger partial charge in [0, 0.05) is 11.9 Å². The van der Waals surface area contributed by atoms with Crippen molar-refractivity contribution in [2.24, 2.45) is 0 Å². The van der Waals surface area contributed by atoms with E-state index in [9.17, 15) is 14.4 Å². The maximum Gasteiger partial charge on any atom is 0.337 e. The standard InChI is InChI=1S/C18H16N4O4/c1-26-18(25)12-5-4-6-13(9-12)20-16(23)11-19-17(24)15-10-14-7-2-3-8-22(14)21-15/h2-10H,11H2,1H3,(H,19,24)(H,20,23). The first-order chi connectivity index (χ1) is 12.6. The topological polar surface area (TPSA) is 102 Å². The van der Waals surface area contributed by atoms with Crippen LogP contribution in [0.5, 0.6) is 0 Å². The van der Waals surface area contributed by atoms with Crippen LogP contribution >= 0.6 is 0 Å². The minimum absolute atomic E-state index is 0.219. The van der Waals surface area contributed by atoms with Gasteiger partial charge in [0.05, 0.1) is 24.7 Å². The highest BCUT2D eigenvalue weighted by atomic mass is 16.5. The van der Waals surface area contributed by atoms with E-state index >= 15 is 0 Å². The maximum atomic E-state index is 12.1. The molecule has 0 bridgehead atoms. The molecule has 0 radical (unpaired) electrons. The van der Waals surface area contributed by atoms with Gasteiger partial charge in [0.2, 0.25) is 5.91 Å². The zero-order chi connectivity index (χ0) is 18.5. The molecular formula is C18H16N4O4. The molecule has 0 unspecified atom stereocenters. The Bertz CT molecular complexity index is 947. The average molecular weight is 352 g/mol. The highest BCUT2D eigenvalue weighted by molar-refractivity contribution is 5.99. The van der Waals surface area contributed by atoms with Crippen LogP contribution in [0, 0.1) is 0 Å². The number of nitrogens with one attached hydrogen (secondary N) is 2. The summed E-state index contributed by atoms with van der Waals surface area (Å²) in [4.78, 5) is 35.6. The van der Waals surface area contributed by atoms with Gasteiger partial charge in [-0.1, -0.05) is 12.1 Å². The van der Waals surface area contributed by atoms with Gasteiger partial charge in [-0.3, -0.25) is 9.59 Å². The second kappa shape index (κ2) is 7.47. The van der Waals surface area contributed by atoms with E-state index in [0.717, 1.165) is 5.52 Å². The molecule has 2 aromatic heterocycles. The number of fused-ring (bicyclic) bond motifs is 1. The predicted octanol–water partition coefficient (Wildman–Crippen LogP) is 1.49. The number of hydrogen-bond donors (Lipinski definition) is 2. The molecule has 8 nitrogen and oxygen atoms in total. The number of aromatic nitrogens is 2. The van der Waals surface area contributed by atoms with Crippen LogP contribution in [-0.2, 0) is 9.53 Å². The fourth-order valence-corrected chi connectivity index (χ4v) is 2.35. The van der Waals surface area contributed by atoms with Gasteiger partial charge < -0.3 is 15.4 Å². The van der Waals surface area contributed by atoms with Crippen LogP contribution < -0.4 is 10.6 Å². The number of carbonyl (C=O) groups is 3. The van der Waals surface area contributed by atoms with Crippen LogP contribution in [0.3, 0.4) is 0 Å². The highest BCUT2D eigenvalue weighted by Gasteiger charge is 2.13. The highest BCUT2D eigenvalue weighted by Crippen LogP contribution is 2.11. The molecule has 0 saturated heterocycles. The zero-order valence-electron chi connectivity index (χ0n) is 13.9. The van der Waals surface area contributed by atoms with E-state index in [0.29, 0.717) is 11.3 Å². The van der Waals surface area contributed by atoms with Crippen molar-refractivity contribution in [3.63, 3.8) is 0 Å². The van der Waals surface area contributed by atoms with E-state index in [4.69, 9.17) is 0 Å². The van der Waals surface area contributed by atoms with Crippen molar-refractivity contribution in [1.82, 2.24) is 14.9 Å². The molecule has 0 aliphatic carbocycles. The maximum absolute atomic E-state index is 12.1. The number of methoxy groups -OCH3 is 1. The Morgan fingerprint density at radius 1 is 1.12 bits per heavy atom. The van der Waals surface area contributed by atoms with E-state index in [-0.39, 0.29) is 12.2 Å². The van der Waals surface area contributed by atoms with E-state index < -0.39 is 17.8 Å². The number of pyridine rings is 1. The number of rotatable bonds is 5. The van der Waals surface area contributed by atoms with Gasteiger partial charge in [-0.05, 0) is 36.4 Å². The molecule has 0 atom stereocenters. The van der Waals surface area contributed by atoms with Gasteiger partial charge in [0.15, 0.2) is 5.69 Å². The summed E-state index contributed by atoms with van der Waals surface area (Å²) in [7, 11) is 1.28.